The van der Waals surface area contributed by atoms with Gasteiger partial charge in [0.25, 0.3) is 0 Å². The lowest BCUT2D eigenvalue weighted by Crippen LogP contribution is -2.44. The van der Waals surface area contributed by atoms with Gasteiger partial charge in [0.2, 0.25) is 5.91 Å². The molecule has 0 atom stereocenters. The molecule has 2 rings (SSSR count). The molecule has 0 radical (unpaired) electrons. The minimum Gasteiger partial charge on any atom is -0.435 e. The Bertz CT molecular complexity index is 474. The molecule has 1 heterocycles. The highest BCUT2D eigenvalue weighted by atomic mass is 19.3. The minimum atomic E-state index is -2.81. The van der Waals surface area contributed by atoms with Crippen LogP contribution in [0.5, 0.6) is 5.75 Å². The van der Waals surface area contributed by atoms with Crippen LogP contribution in [0.4, 0.5) is 8.78 Å². The first-order chi connectivity index (χ1) is 10.6. The molecule has 1 N–H and O–H groups in total. The molecular weight excluding hydrogens is 290 g/mol. The van der Waals surface area contributed by atoms with E-state index in [0.29, 0.717) is 18.9 Å². The van der Waals surface area contributed by atoms with E-state index in [0.717, 1.165) is 31.5 Å². The third kappa shape index (κ3) is 4.94. The number of hydrogen-bond donors (Lipinski definition) is 1. The van der Waals surface area contributed by atoms with Crippen molar-refractivity contribution in [2.75, 3.05) is 20.1 Å². The van der Waals surface area contributed by atoms with E-state index >= 15 is 0 Å². The van der Waals surface area contributed by atoms with Gasteiger partial charge in [-0.1, -0.05) is 12.1 Å². The number of amides is 1. The van der Waals surface area contributed by atoms with Crippen LogP contribution in [0.15, 0.2) is 24.3 Å². The summed E-state index contributed by atoms with van der Waals surface area (Å²) in [6.45, 7) is -0.909. The molecule has 1 aromatic rings. The highest BCUT2D eigenvalue weighted by Gasteiger charge is 2.21. The van der Waals surface area contributed by atoms with Gasteiger partial charge in [-0.2, -0.15) is 8.78 Å². The Kier molecular flexibility index (Phi) is 6.12. The van der Waals surface area contributed by atoms with Crippen molar-refractivity contribution >= 4 is 5.91 Å². The van der Waals surface area contributed by atoms with Gasteiger partial charge in [0, 0.05) is 19.5 Å². The van der Waals surface area contributed by atoms with Crippen molar-refractivity contribution in [1.82, 2.24) is 10.2 Å². The fourth-order valence-electron chi connectivity index (χ4n) is 2.66. The van der Waals surface area contributed by atoms with Crippen LogP contribution in [-0.4, -0.2) is 43.6 Å². The topological polar surface area (TPSA) is 41.6 Å². The molecule has 122 valence electrons. The summed E-state index contributed by atoms with van der Waals surface area (Å²) in [7, 11) is 1.86. The minimum absolute atomic E-state index is 0.125. The van der Waals surface area contributed by atoms with Crippen molar-refractivity contribution in [1.29, 1.82) is 0 Å². The molecule has 1 saturated heterocycles. The second kappa shape index (κ2) is 8.08. The molecule has 6 heteroatoms. The number of rotatable bonds is 6. The normalized spacial score (nSPS) is 15.8. The SMILES string of the molecule is CN(C(=O)CCc1ccc(OC(F)F)cc1)C1CCNCC1. The third-order valence-electron chi connectivity index (χ3n) is 4.03. The predicted octanol–water partition coefficient (Wildman–Crippen LogP) is 2.43. The maximum atomic E-state index is 12.2. The van der Waals surface area contributed by atoms with E-state index in [1.54, 1.807) is 12.1 Å². The molecule has 4 nitrogen and oxygen atoms in total. The maximum Gasteiger partial charge on any atom is 0.387 e. The second-order valence-electron chi connectivity index (χ2n) is 5.51. The van der Waals surface area contributed by atoms with Crippen molar-refractivity contribution in [3.05, 3.63) is 29.8 Å². The lowest BCUT2D eigenvalue weighted by molar-refractivity contribution is -0.132. The van der Waals surface area contributed by atoms with Crippen LogP contribution in [0, 0.1) is 0 Å². The Labute approximate surface area is 129 Å². The number of carbonyl (C=O) groups is 1. The average molecular weight is 312 g/mol. The van der Waals surface area contributed by atoms with Crippen LogP contribution in [-0.2, 0) is 11.2 Å². The number of ether oxygens (including phenoxy) is 1. The zero-order valence-electron chi connectivity index (χ0n) is 12.7. The largest absolute Gasteiger partial charge is 0.435 e. The van der Waals surface area contributed by atoms with Crippen LogP contribution < -0.4 is 10.1 Å². The van der Waals surface area contributed by atoms with Crippen LogP contribution in [0.2, 0.25) is 0 Å². The number of benzene rings is 1. The van der Waals surface area contributed by atoms with Crippen molar-refractivity contribution in [3.63, 3.8) is 0 Å². The summed E-state index contributed by atoms with van der Waals surface area (Å²) >= 11 is 0. The molecule has 1 fully saturated rings. The molecule has 1 aromatic carbocycles. The number of alkyl halides is 2. The van der Waals surface area contributed by atoms with Crippen molar-refractivity contribution in [3.8, 4) is 5.75 Å². The summed E-state index contributed by atoms with van der Waals surface area (Å²) in [6, 6.07) is 6.76. The van der Waals surface area contributed by atoms with E-state index in [1.807, 2.05) is 11.9 Å². The fraction of sp³-hybridized carbons (Fsp3) is 0.562. The highest BCUT2D eigenvalue weighted by molar-refractivity contribution is 5.76. The third-order valence-corrected chi connectivity index (χ3v) is 4.03. The first-order valence-electron chi connectivity index (χ1n) is 7.56. The molecule has 0 spiro atoms. The Morgan fingerprint density at radius 3 is 2.55 bits per heavy atom. The number of hydrogen-bond acceptors (Lipinski definition) is 3. The molecule has 1 amide bonds. The van der Waals surface area contributed by atoms with Gasteiger partial charge in [0.15, 0.2) is 0 Å². The van der Waals surface area contributed by atoms with Crippen LogP contribution in [0.25, 0.3) is 0 Å². The fourth-order valence-corrected chi connectivity index (χ4v) is 2.66. The van der Waals surface area contributed by atoms with Gasteiger partial charge in [-0.3, -0.25) is 4.79 Å². The molecule has 1 aliphatic heterocycles. The number of nitrogens with one attached hydrogen (secondary N) is 1. The van der Waals surface area contributed by atoms with Crippen molar-refractivity contribution in [2.24, 2.45) is 0 Å². The van der Waals surface area contributed by atoms with Gasteiger partial charge < -0.3 is 15.0 Å². The Balaban J connectivity index is 1.80. The van der Waals surface area contributed by atoms with E-state index in [9.17, 15) is 13.6 Å². The number of nitrogens with zero attached hydrogens (tertiary/aromatic N) is 1. The van der Waals surface area contributed by atoms with Crippen LogP contribution >= 0.6 is 0 Å². The summed E-state index contributed by atoms with van der Waals surface area (Å²) < 4.78 is 28.4. The molecule has 0 aliphatic carbocycles. The summed E-state index contributed by atoms with van der Waals surface area (Å²) in [5.74, 6) is 0.261. The van der Waals surface area contributed by atoms with E-state index in [4.69, 9.17) is 0 Å². The highest BCUT2D eigenvalue weighted by Crippen LogP contribution is 2.17. The lowest BCUT2D eigenvalue weighted by Gasteiger charge is -2.31. The molecule has 0 saturated carbocycles. The van der Waals surface area contributed by atoms with E-state index in [2.05, 4.69) is 10.1 Å². The Hall–Kier alpha value is -1.69. The summed E-state index contributed by atoms with van der Waals surface area (Å²) in [5.41, 5.74) is 0.939. The first kappa shape index (κ1) is 16.7. The van der Waals surface area contributed by atoms with Gasteiger partial charge in [-0.15, -0.1) is 0 Å². The zero-order valence-corrected chi connectivity index (χ0v) is 12.7. The first-order valence-corrected chi connectivity index (χ1v) is 7.56. The monoisotopic (exact) mass is 312 g/mol. The van der Waals surface area contributed by atoms with E-state index < -0.39 is 6.61 Å². The van der Waals surface area contributed by atoms with Crippen LogP contribution in [0.3, 0.4) is 0 Å². The van der Waals surface area contributed by atoms with Gasteiger partial charge in [-0.25, -0.2) is 0 Å². The van der Waals surface area contributed by atoms with Gasteiger partial charge in [0.1, 0.15) is 5.75 Å². The quantitative estimate of drug-likeness (QED) is 0.877. The molecule has 0 aromatic heterocycles. The standard InChI is InChI=1S/C16H22F2N2O2/c1-20(13-8-10-19-11-9-13)15(21)7-4-12-2-5-14(6-3-12)22-16(17)18/h2-3,5-6,13,16,19H,4,7-11H2,1H3. The molecule has 0 unspecified atom stereocenters. The van der Waals surface area contributed by atoms with E-state index in [-0.39, 0.29) is 11.7 Å². The van der Waals surface area contributed by atoms with Gasteiger partial charge in [0.05, 0.1) is 0 Å². The molecule has 22 heavy (non-hydrogen) atoms. The number of piperidine rings is 1. The zero-order chi connectivity index (χ0) is 15.9. The summed E-state index contributed by atoms with van der Waals surface area (Å²) in [5, 5.41) is 3.28. The maximum absolute atomic E-state index is 12.2. The average Bonchev–Trinajstić information content (AvgIpc) is 2.53. The number of carbonyl (C=O) groups excluding carboxylic acids is 1. The molecule has 0 bridgehead atoms. The Morgan fingerprint density at radius 1 is 1.32 bits per heavy atom. The van der Waals surface area contributed by atoms with Gasteiger partial charge >= 0.3 is 6.61 Å². The lowest BCUT2D eigenvalue weighted by atomic mass is 10.0. The summed E-state index contributed by atoms with van der Waals surface area (Å²) in [4.78, 5) is 14.1. The van der Waals surface area contributed by atoms with Crippen molar-refractivity contribution in [2.45, 2.75) is 38.3 Å². The van der Waals surface area contributed by atoms with Crippen LogP contribution in [0.1, 0.15) is 24.8 Å². The Morgan fingerprint density at radius 2 is 1.95 bits per heavy atom. The molecular formula is C16H22F2N2O2. The molecule has 1 aliphatic rings. The number of halogens is 2. The second-order valence-corrected chi connectivity index (χ2v) is 5.51. The van der Waals surface area contributed by atoms with E-state index in [1.165, 1.54) is 12.1 Å². The van der Waals surface area contributed by atoms with Gasteiger partial charge in [-0.05, 0) is 50.0 Å². The predicted molar refractivity (Wildman–Crippen MR) is 80.1 cm³/mol. The number of aryl methyl sites for hydroxylation is 1. The smallest absolute Gasteiger partial charge is 0.387 e. The van der Waals surface area contributed by atoms with Crippen molar-refractivity contribution < 1.29 is 18.3 Å². The summed E-state index contributed by atoms with van der Waals surface area (Å²) in [6.07, 6.45) is 3.00.